The van der Waals surface area contributed by atoms with Crippen LogP contribution >= 0.6 is 0 Å². The third kappa shape index (κ3) is 2.25. The van der Waals surface area contributed by atoms with E-state index in [1.807, 2.05) is 41.9 Å². The average molecular weight is 376 g/mol. The molecule has 1 fully saturated rings. The van der Waals surface area contributed by atoms with E-state index in [0.717, 1.165) is 53.2 Å². The number of nitrogens with zero attached hydrogens (tertiary/aromatic N) is 4. The first-order valence-corrected chi connectivity index (χ1v) is 9.71. The Kier molecular flexibility index (Phi) is 3.24. The lowest BCUT2D eigenvalue weighted by Crippen LogP contribution is -2.43. The second kappa shape index (κ2) is 5.70. The molecule has 5 heterocycles. The van der Waals surface area contributed by atoms with Gasteiger partial charge < -0.3 is 14.4 Å². The molecule has 0 spiro atoms. The molecule has 0 saturated carbocycles. The first kappa shape index (κ1) is 15.9. The Balaban J connectivity index is 1.32. The quantitative estimate of drug-likeness (QED) is 0.688. The molecular formula is C21H20N4O3. The molecule has 0 radical (unpaired) electrons. The van der Waals surface area contributed by atoms with Crippen LogP contribution in [0.2, 0.25) is 0 Å². The van der Waals surface area contributed by atoms with Crippen molar-refractivity contribution in [3.05, 3.63) is 53.0 Å². The zero-order chi connectivity index (χ0) is 18.8. The van der Waals surface area contributed by atoms with E-state index in [-0.39, 0.29) is 24.8 Å². The number of benzene rings is 1. The fraction of sp³-hybridized carbons (Fsp3) is 0.381. The van der Waals surface area contributed by atoms with Crippen LogP contribution in [0.5, 0.6) is 11.5 Å². The summed E-state index contributed by atoms with van der Waals surface area (Å²) in [4.78, 5) is 19.9. The highest BCUT2D eigenvalue weighted by Gasteiger charge is 2.43. The lowest BCUT2D eigenvalue weighted by atomic mass is 9.98. The Bertz CT molecular complexity index is 1120. The molecule has 0 aliphatic carbocycles. The Labute approximate surface area is 161 Å². The van der Waals surface area contributed by atoms with Crippen LogP contribution in [0, 0.1) is 6.92 Å². The van der Waals surface area contributed by atoms with Gasteiger partial charge in [0.25, 0.3) is 0 Å². The van der Waals surface area contributed by atoms with Crippen molar-refractivity contribution in [2.75, 3.05) is 6.79 Å². The van der Waals surface area contributed by atoms with Crippen LogP contribution in [0.25, 0.3) is 5.65 Å². The summed E-state index contributed by atoms with van der Waals surface area (Å²) in [6.07, 6.45) is 5.15. The number of carbonyl (C=O) groups excluding carboxylic acids is 1. The van der Waals surface area contributed by atoms with Crippen molar-refractivity contribution in [2.24, 2.45) is 0 Å². The van der Waals surface area contributed by atoms with E-state index in [9.17, 15) is 4.79 Å². The zero-order valence-electron chi connectivity index (χ0n) is 15.6. The van der Waals surface area contributed by atoms with Crippen molar-refractivity contribution >= 4 is 11.6 Å². The van der Waals surface area contributed by atoms with Crippen LogP contribution in [0.1, 0.15) is 41.4 Å². The number of aromatic nitrogens is 3. The van der Waals surface area contributed by atoms with E-state index >= 15 is 0 Å². The molecule has 2 bridgehead atoms. The fourth-order valence-corrected chi connectivity index (χ4v) is 4.90. The van der Waals surface area contributed by atoms with Gasteiger partial charge >= 0.3 is 0 Å². The number of hydrogen-bond donors (Lipinski definition) is 0. The smallest absolute Gasteiger partial charge is 0.231 e. The van der Waals surface area contributed by atoms with E-state index in [2.05, 4.69) is 15.0 Å². The van der Waals surface area contributed by atoms with Gasteiger partial charge in [0, 0.05) is 30.3 Å². The van der Waals surface area contributed by atoms with Crippen LogP contribution in [0.15, 0.2) is 30.5 Å². The van der Waals surface area contributed by atoms with Gasteiger partial charge in [0.15, 0.2) is 17.1 Å². The summed E-state index contributed by atoms with van der Waals surface area (Å²) in [5, 5.41) is 4.62. The molecule has 2 atom stereocenters. The van der Waals surface area contributed by atoms with Gasteiger partial charge in [-0.15, -0.1) is 0 Å². The van der Waals surface area contributed by atoms with Crippen LogP contribution in [-0.4, -0.2) is 38.2 Å². The minimum atomic E-state index is 0.0941. The Morgan fingerprint density at radius 2 is 2.11 bits per heavy atom. The first-order valence-electron chi connectivity index (χ1n) is 9.71. The maximum atomic E-state index is 13.2. The number of aryl methyl sites for hydroxylation is 1. The molecule has 7 heteroatoms. The lowest BCUT2D eigenvalue weighted by Gasteiger charge is -2.36. The molecule has 1 saturated heterocycles. The molecule has 3 aliphatic rings. The molecule has 2 aromatic heterocycles. The van der Waals surface area contributed by atoms with E-state index in [1.165, 1.54) is 5.69 Å². The van der Waals surface area contributed by atoms with Gasteiger partial charge in [-0.25, -0.2) is 9.50 Å². The minimum Gasteiger partial charge on any atom is -0.454 e. The SMILES string of the molecule is Cc1cc2ncc3c(n2n1)C[C@H]1CC[C@H]3N1C(=O)Cc1ccc2c(c1)OCO2. The van der Waals surface area contributed by atoms with Crippen LogP contribution in [0.4, 0.5) is 0 Å². The monoisotopic (exact) mass is 376 g/mol. The maximum Gasteiger partial charge on any atom is 0.231 e. The van der Waals surface area contributed by atoms with Gasteiger partial charge in [0.1, 0.15) is 0 Å². The molecule has 28 heavy (non-hydrogen) atoms. The van der Waals surface area contributed by atoms with Gasteiger partial charge in [0.05, 0.1) is 23.9 Å². The van der Waals surface area contributed by atoms with Gasteiger partial charge in [-0.05, 0) is 37.5 Å². The molecule has 0 N–H and O–H groups in total. The zero-order valence-corrected chi connectivity index (χ0v) is 15.6. The summed E-state index contributed by atoms with van der Waals surface area (Å²) in [7, 11) is 0. The second-order valence-electron chi connectivity index (χ2n) is 7.83. The van der Waals surface area contributed by atoms with Crippen molar-refractivity contribution in [2.45, 2.75) is 44.7 Å². The van der Waals surface area contributed by atoms with E-state index in [1.54, 1.807) is 0 Å². The largest absolute Gasteiger partial charge is 0.454 e. The molecule has 3 aliphatic heterocycles. The van der Waals surface area contributed by atoms with E-state index in [4.69, 9.17) is 9.47 Å². The molecular weight excluding hydrogens is 356 g/mol. The molecule has 0 unspecified atom stereocenters. The number of rotatable bonds is 2. The van der Waals surface area contributed by atoms with Crippen LogP contribution in [-0.2, 0) is 17.6 Å². The third-order valence-electron chi connectivity index (χ3n) is 6.11. The van der Waals surface area contributed by atoms with E-state index in [0.29, 0.717) is 6.42 Å². The molecule has 3 aromatic rings. The number of ether oxygens (including phenoxy) is 2. The Morgan fingerprint density at radius 3 is 3.04 bits per heavy atom. The molecule has 1 amide bonds. The number of hydrogen-bond acceptors (Lipinski definition) is 5. The van der Waals surface area contributed by atoms with Gasteiger partial charge in [-0.1, -0.05) is 6.07 Å². The summed E-state index contributed by atoms with van der Waals surface area (Å²) >= 11 is 0. The van der Waals surface area contributed by atoms with Crippen molar-refractivity contribution in [1.82, 2.24) is 19.5 Å². The maximum absolute atomic E-state index is 13.2. The van der Waals surface area contributed by atoms with E-state index < -0.39 is 0 Å². The number of fused-ring (bicyclic) bond motifs is 7. The Hall–Kier alpha value is -3.09. The standard InChI is InChI=1S/C21H20N4O3/c1-12-6-20-22-10-15-16-4-3-14(9-17(15)25(20)23-12)24(16)21(26)8-13-2-5-18-19(7-13)28-11-27-18/h2,5-7,10,14,16H,3-4,8-9,11H2,1H3/t14-,16-/m1/s1. The summed E-state index contributed by atoms with van der Waals surface area (Å²) in [6, 6.07) is 8.07. The predicted molar refractivity (Wildman–Crippen MR) is 100 cm³/mol. The summed E-state index contributed by atoms with van der Waals surface area (Å²) in [6.45, 7) is 2.23. The van der Waals surface area contributed by atoms with Crippen LogP contribution in [0.3, 0.4) is 0 Å². The predicted octanol–water partition coefficient (Wildman–Crippen LogP) is 2.60. The van der Waals surface area contributed by atoms with Crippen molar-refractivity contribution in [3.63, 3.8) is 0 Å². The summed E-state index contributed by atoms with van der Waals surface area (Å²) in [5.74, 6) is 1.62. The third-order valence-corrected chi connectivity index (χ3v) is 6.11. The molecule has 1 aromatic carbocycles. The lowest BCUT2D eigenvalue weighted by molar-refractivity contribution is -0.134. The van der Waals surface area contributed by atoms with Gasteiger partial charge in [0.2, 0.25) is 12.7 Å². The highest BCUT2D eigenvalue weighted by molar-refractivity contribution is 5.80. The fourth-order valence-electron chi connectivity index (χ4n) is 4.90. The highest BCUT2D eigenvalue weighted by Crippen LogP contribution is 2.44. The first-order chi connectivity index (χ1) is 13.7. The normalized spacial score (nSPS) is 22.0. The van der Waals surface area contributed by atoms with Crippen molar-refractivity contribution in [3.8, 4) is 11.5 Å². The number of carbonyl (C=O) groups is 1. The summed E-state index contributed by atoms with van der Waals surface area (Å²) < 4.78 is 12.8. The van der Waals surface area contributed by atoms with Gasteiger partial charge in [-0.3, -0.25) is 4.79 Å². The topological polar surface area (TPSA) is 69.0 Å². The average Bonchev–Trinajstić information content (AvgIpc) is 3.37. The number of amides is 1. The highest BCUT2D eigenvalue weighted by atomic mass is 16.7. The van der Waals surface area contributed by atoms with Crippen molar-refractivity contribution < 1.29 is 14.3 Å². The van der Waals surface area contributed by atoms with Gasteiger partial charge in [-0.2, -0.15) is 5.10 Å². The summed E-state index contributed by atoms with van der Waals surface area (Å²) in [5.41, 5.74) is 5.15. The second-order valence-corrected chi connectivity index (χ2v) is 7.83. The molecule has 142 valence electrons. The van der Waals surface area contributed by atoms with Crippen LogP contribution < -0.4 is 9.47 Å². The van der Waals surface area contributed by atoms with Crippen molar-refractivity contribution in [1.29, 1.82) is 0 Å². The molecule has 6 rings (SSSR count). The Morgan fingerprint density at radius 1 is 1.21 bits per heavy atom. The molecule has 7 nitrogen and oxygen atoms in total. The minimum absolute atomic E-state index is 0.0941.